The van der Waals surface area contributed by atoms with E-state index in [4.69, 9.17) is 0 Å². The number of benzene rings is 1. The predicted octanol–water partition coefficient (Wildman–Crippen LogP) is 1.86. The number of amides is 1. The number of aryl methyl sites for hydroxylation is 1. The van der Waals surface area contributed by atoms with Crippen LogP contribution >= 0.6 is 0 Å². The first-order valence-corrected chi connectivity index (χ1v) is 6.29. The van der Waals surface area contributed by atoms with Crippen molar-refractivity contribution in [2.24, 2.45) is 16.9 Å². The largest absolute Gasteiger partial charge is 0.272 e. The molecule has 0 bridgehead atoms. The van der Waals surface area contributed by atoms with Crippen molar-refractivity contribution in [3.05, 3.63) is 35.4 Å². The van der Waals surface area contributed by atoms with Gasteiger partial charge in [0.2, 0.25) is 5.91 Å². The molecule has 0 saturated carbocycles. The molecule has 2 atom stereocenters. The quantitative estimate of drug-likeness (QED) is 0.905. The van der Waals surface area contributed by atoms with Crippen LogP contribution in [0.4, 0.5) is 0 Å². The van der Waals surface area contributed by atoms with Crippen molar-refractivity contribution in [2.45, 2.75) is 19.8 Å². The van der Waals surface area contributed by atoms with Gasteiger partial charge in [-0.15, -0.1) is 0 Å². The number of hydrogen-bond acceptors (Lipinski definition) is 4. The van der Waals surface area contributed by atoms with Gasteiger partial charge in [-0.25, -0.2) is 5.43 Å². The van der Waals surface area contributed by atoms with E-state index >= 15 is 0 Å². The summed E-state index contributed by atoms with van der Waals surface area (Å²) in [6, 6.07) is 11.5. The highest BCUT2D eigenvalue weighted by Gasteiger charge is 2.41. The summed E-state index contributed by atoms with van der Waals surface area (Å²) in [5.74, 6) is -2.22. The third kappa shape index (κ3) is 2.26. The molecule has 1 aromatic rings. The van der Waals surface area contributed by atoms with E-state index in [2.05, 4.69) is 10.5 Å². The van der Waals surface area contributed by atoms with Gasteiger partial charge in [0.05, 0.1) is 18.1 Å². The number of hydrazone groups is 1. The Hall–Kier alpha value is -2.66. The van der Waals surface area contributed by atoms with Crippen LogP contribution in [0.2, 0.25) is 0 Å². The monoisotopic (exact) mass is 266 g/mol. The van der Waals surface area contributed by atoms with Gasteiger partial charge < -0.3 is 0 Å². The Balaban J connectivity index is 2.55. The van der Waals surface area contributed by atoms with Crippen LogP contribution in [0.3, 0.4) is 0 Å². The van der Waals surface area contributed by atoms with Crippen LogP contribution in [0.1, 0.15) is 24.0 Å². The first kappa shape index (κ1) is 13.8. The molecule has 5 heteroatoms. The second kappa shape index (κ2) is 5.54. The molecule has 0 saturated heterocycles. The van der Waals surface area contributed by atoms with Crippen LogP contribution in [0.25, 0.3) is 0 Å². The lowest BCUT2D eigenvalue weighted by molar-refractivity contribution is -0.122. The Morgan fingerprint density at radius 2 is 1.90 bits per heavy atom. The normalized spacial score (nSPS) is 18.9. The van der Waals surface area contributed by atoms with Crippen LogP contribution in [0, 0.1) is 41.4 Å². The van der Waals surface area contributed by atoms with Crippen molar-refractivity contribution in [3.63, 3.8) is 0 Å². The maximum absolute atomic E-state index is 12.0. The zero-order valence-corrected chi connectivity index (χ0v) is 11.3. The van der Waals surface area contributed by atoms with Crippen molar-refractivity contribution < 1.29 is 4.79 Å². The fourth-order valence-electron chi connectivity index (χ4n) is 2.60. The third-order valence-electron chi connectivity index (χ3n) is 3.62. The minimum absolute atomic E-state index is 0.258. The van der Waals surface area contributed by atoms with Crippen molar-refractivity contribution in [2.75, 3.05) is 0 Å². The molecular formula is C15H14N4O. The summed E-state index contributed by atoms with van der Waals surface area (Å²) in [4.78, 5) is 12.0. The number of nitrogens with one attached hydrogen (secondary N) is 1. The first-order valence-electron chi connectivity index (χ1n) is 6.29. The van der Waals surface area contributed by atoms with E-state index < -0.39 is 17.8 Å². The van der Waals surface area contributed by atoms with Gasteiger partial charge in [0.15, 0.2) is 0 Å². The molecule has 1 aliphatic rings. The Kier molecular flexibility index (Phi) is 3.81. The van der Waals surface area contributed by atoms with Crippen LogP contribution < -0.4 is 5.43 Å². The van der Waals surface area contributed by atoms with E-state index in [1.165, 1.54) is 0 Å². The highest BCUT2D eigenvalue weighted by Crippen LogP contribution is 2.36. The van der Waals surface area contributed by atoms with Crippen LogP contribution in [-0.2, 0) is 4.79 Å². The predicted molar refractivity (Wildman–Crippen MR) is 73.4 cm³/mol. The second-order valence-electron chi connectivity index (χ2n) is 4.83. The Bertz CT molecular complexity index is 637. The van der Waals surface area contributed by atoms with E-state index in [0.717, 1.165) is 11.1 Å². The van der Waals surface area contributed by atoms with Gasteiger partial charge in [0.1, 0.15) is 5.92 Å². The maximum atomic E-state index is 12.0. The van der Waals surface area contributed by atoms with Crippen LogP contribution in [-0.4, -0.2) is 11.6 Å². The summed E-state index contributed by atoms with van der Waals surface area (Å²) in [5, 5.41) is 22.4. The fraction of sp³-hybridized carbons (Fsp3) is 0.333. The van der Waals surface area contributed by atoms with Gasteiger partial charge >= 0.3 is 0 Å². The zero-order valence-electron chi connectivity index (χ0n) is 11.3. The highest BCUT2D eigenvalue weighted by molar-refractivity contribution is 6.07. The van der Waals surface area contributed by atoms with Gasteiger partial charge in [-0.05, 0) is 25.0 Å². The van der Waals surface area contributed by atoms with Crippen molar-refractivity contribution >= 4 is 11.6 Å². The zero-order chi connectivity index (χ0) is 14.7. The van der Waals surface area contributed by atoms with E-state index in [-0.39, 0.29) is 5.91 Å². The third-order valence-corrected chi connectivity index (χ3v) is 3.62. The first-order chi connectivity index (χ1) is 9.60. The summed E-state index contributed by atoms with van der Waals surface area (Å²) >= 11 is 0. The molecule has 5 nitrogen and oxygen atoms in total. The molecule has 0 spiro atoms. The lowest BCUT2D eigenvalue weighted by Gasteiger charge is -2.24. The Labute approximate surface area is 117 Å². The number of rotatable bonds is 3. The SMILES string of the molecule is CC1=NNC(=O)[C@H]1[C@H](c1ccccc1C)C(C#N)C#N. The summed E-state index contributed by atoms with van der Waals surface area (Å²) in [6.07, 6.45) is 0. The second-order valence-corrected chi connectivity index (χ2v) is 4.83. The van der Waals surface area contributed by atoms with Crippen molar-refractivity contribution in [1.82, 2.24) is 5.43 Å². The van der Waals surface area contributed by atoms with E-state index in [9.17, 15) is 15.3 Å². The Morgan fingerprint density at radius 1 is 1.25 bits per heavy atom. The number of carbonyl (C=O) groups is 1. The maximum Gasteiger partial charge on any atom is 0.249 e. The molecule has 0 aromatic heterocycles. The lowest BCUT2D eigenvalue weighted by atomic mass is 9.74. The molecule has 0 radical (unpaired) electrons. The van der Waals surface area contributed by atoms with E-state index in [1.54, 1.807) is 6.92 Å². The lowest BCUT2D eigenvalue weighted by Crippen LogP contribution is -2.32. The number of carbonyl (C=O) groups excluding carboxylic acids is 1. The molecule has 1 aliphatic heterocycles. The fourth-order valence-corrected chi connectivity index (χ4v) is 2.60. The molecule has 0 unspecified atom stereocenters. The van der Waals surface area contributed by atoms with Gasteiger partial charge in [-0.3, -0.25) is 4.79 Å². The Morgan fingerprint density at radius 3 is 2.40 bits per heavy atom. The smallest absolute Gasteiger partial charge is 0.249 e. The van der Waals surface area contributed by atoms with E-state index in [0.29, 0.717) is 5.71 Å². The van der Waals surface area contributed by atoms with Crippen molar-refractivity contribution in [3.8, 4) is 12.1 Å². The molecule has 0 aliphatic carbocycles. The summed E-state index contributed by atoms with van der Waals surface area (Å²) in [6.45, 7) is 3.65. The topological polar surface area (TPSA) is 89.0 Å². The van der Waals surface area contributed by atoms with Gasteiger partial charge in [-0.1, -0.05) is 24.3 Å². The molecule has 0 fully saturated rings. The van der Waals surface area contributed by atoms with Gasteiger partial charge in [0, 0.05) is 11.6 Å². The van der Waals surface area contributed by atoms with Crippen molar-refractivity contribution in [1.29, 1.82) is 10.5 Å². The highest BCUT2D eigenvalue weighted by atomic mass is 16.2. The summed E-state index contributed by atoms with van der Waals surface area (Å²) < 4.78 is 0. The molecular weight excluding hydrogens is 252 g/mol. The number of hydrogen-bond donors (Lipinski definition) is 1. The molecule has 20 heavy (non-hydrogen) atoms. The summed E-state index contributed by atoms with van der Waals surface area (Å²) in [5.41, 5.74) is 4.84. The minimum Gasteiger partial charge on any atom is -0.272 e. The standard InChI is InChI=1S/C15H14N4O/c1-9-5-3-4-6-12(9)14(11(7-16)8-17)13-10(2)18-19-15(13)20/h3-6,11,13-14H,1-2H3,(H,19,20)/t13-,14+/m1/s1. The van der Waals surface area contributed by atoms with Crippen LogP contribution in [0.15, 0.2) is 29.4 Å². The molecule has 1 amide bonds. The molecule has 1 N–H and O–H groups in total. The average molecular weight is 266 g/mol. The molecule has 1 aromatic carbocycles. The summed E-state index contributed by atoms with van der Waals surface area (Å²) in [7, 11) is 0. The van der Waals surface area contributed by atoms with Gasteiger partial charge in [0.25, 0.3) is 0 Å². The average Bonchev–Trinajstić information content (AvgIpc) is 2.77. The van der Waals surface area contributed by atoms with Crippen LogP contribution in [0.5, 0.6) is 0 Å². The number of nitriles is 2. The molecule has 100 valence electrons. The molecule has 2 rings (SSSR count). The van der Waals surface area contributed by atoms with Gasteiger partial charge in [-0.2, -0.15) is 15.6 Å². The van der Waals surface area contributed by atoms with E-state index in [1.807, 2.05) is 43.3 Å². The molecule has 1 heterocycles. The minimum atomic E-state index is -0.893. The number of nitrogens with zero attached hydrogens (tertiary/aromatic N) is 3.